The molecule has 0 amide bonds. The topological polar surface area (TPSA) is 392 Å². The van der Waals surface area contributed by atoms with E-state index in [4.69, 9.17) is 66.3 Å². The van der Waals surface area contributed by atoms with Crippen LogP contribution in [-0.4, -0.2) is 291 Å². The van der Waals surface area contributed by atoms with E-state index in [9.17, 15) is 66.4 Å². The molecule has 362 valence electrons. The second-order valence-corrected chi connectivity index (χ2v) is 17.0. The first-order valence-corrected chi connectivity index (χ1v) is 20.9. The molecule has 9 rings (SSSR count). The molecular weight excluding hydrogens is 864 g/mol. The number of aliphatic hydroxyl groups excluding tert-OH is 13. The molecule has 9 aliphatic heterocycles. The van der Waals surface area contributed by atoms with Crippen LogP contribution >= 0.6 is 0 Å². The number of hydrogen-bond acceptors (Lipinski definition) is 27. The van der Waals surface area contributed by atoms with E-state index in [1.165, 1.54) is 0 Å². The van der Waals surface area contributed by atoms with Gasteiger partial charge in [0, 0.05) is 0 Å². The first kappa shape index (κ1) is 47.0. The van der Waals surface area contributed by atoms with Gasteiger partial charge in [0.1, 0.15) is 146 Å². The molecule has 27 heteroatoms. The minimum Gasteiger partial charge on any atom is -0.394 e. The van der Waals surface area contributed by atoms with Gasteiger partial charge in [-0.3, -0.25) is 0 Å². The molecule has 0 spiro atoms. The molecule has 0 unspecified atom stereocenters. The predicted octanol–water partition coefficient (Wildman–Crippen LogP) is -10.3. The van der Waals surface area contributed by atoms with Gasteiger partial charge >= 0.3 is 0 Å². The average molecular weight is 921 g/mol. The van der Waals surface area contributed by atoms with Gasteiger partial charge < -0.3 is 133 Å². The molecule has 9 fully saturated rings. The Labute approximate surface area is 356 Å². The first-order chi connectivity index (χ1) is 30.2. The lowest BCUT2D eigenvalue weighted by Gasteiger charge is -2.48. The Morgan fingerprint density at radius 3 is 1.14 bits per heavy atom. The molecule has 29 atom stereocenters. The Balaban J connectivity index is 0.831. The van der Waals surface area contributed by atoms with Gasteiger partial charge in [-0.1, -0.05) is 0 Å². The maximum atomic E-state index is 11.5. The third-order valence-corrected chi connectivity index (χ3v) is 13.1. The number of fused-ring (bicyclic) bond motifs is 6. The summed E-state index contributed by atoms with van der Waals surface area (Å²) < 4.78 is 80.9. The van der Waals surface area contributed by atoms with Crippen LogP contribution in [0, 0.1) is 0 Å². The molecule has 9 aliphatic rings. The van der Waals surface area contributed by atoms with Crippen molar-refractivity contribution in [1.82, 2.24) is 0 Å². The molecule has 0 aromatic carbocycles. The van der Waals surface area contributed by atoms with Crippen LogP contribution in [0.25, 0.3) is 0 Å². The van der Waals surface area contributed by atoms with Gasteiger partial charge in [0.15, 0.2) is 31.5 Å². The Bertz CT molecular complexity index is 1520. The zero-order chi connectivity index (χ0) is 44.6. The zero-order valence-corrected chi connectivity index (χ0v) is 33.2. The van der Waals surface area contributed by atoms with Gasteiger partial charge in [0.05, 0.1) is 46.2 Å². The second-order valence-electron chi connectivity index (χ2n) is 17.0. The smallest absolute Gasteiger partial charge is 0.187 e. The van der Waals surface area contributed by atoms with Crippen molar-refractivity contribution in [1.29, 1.82) is 0 Å². The van der Waals surface area contributed by atoms with Gasteiger partial charge in [-0.25, -0.2) is 0 Å². The minimum atomic E-state index is -1.86. The lowest BCUT2D eigenvalue weighted by atomic mass is 9.96. The third-order valence-electron chi connectivity index (χ3n) is 13.1. The summed E-state index contributed by atoms with van der Waals surface area (Å²) in [5.74, 6) is 0. The maximum Gasteiger partial charge on any atom is 0.187 e. The van der Waals surface area contributed by atoms with Gasteiger partial charge in [0.2, 0.25) is 0 Å². The Hall–Kier alpha value is -1.08. The molecule has 9 saturated heterocycles. The van der Waals surface area contributed by atoms with Crippen molar-refractivity contribution in [3.8, 4) is 0 Å². The van der Waals surface area contributed by atoms with Gasteiger partial charge in [-0.2, -0.15) is 0 Å². The number of ether oxygens (including phenoxy) is 14. The SMILES string of the molecule is OC[C@H]1O[C@@H](O[C@H]2[C@H]3OC[C@@H]2O[C@@H](O[C@H]2[C@@H](O)[C@@H](CO)O[C@@H](O[C@H]4[C@H]5OC[C@@H]4O[C@@H](O[C@H]4[C@@H](O)[C@@H](CO)O[C@@H](O[C@H]6[C@H]7OC[C@@H]6OC[C@H]7O)[C@@H]4O)[C@H]5O)[C@@H]2O)[C@H]3O)[C@H](O)[C@@H](O)[C@H]1O. The van der Waals surface area contributed by atoms with Gasteiger partial charge in [-0.15, -0.1) is 0 Å². The number of rotatable bonds is 13. The Morgan fingerprint density at radius 2 is 0.683 bits per heavy atom. The highest BCUT2D eigenvalue weighted by molar-refractivity contribution is 5.03. The van der Waals surface area contributed by atoms with Crippen LogP contribution in [0.3, 0.4) is 0 Å². The molecule has 0 aliphatic carbocycles. The first-order valence-electron chi connectivity index (χ1n) is 20.9. The molecule has 13 N–H and O–H groups in total. The van der Waals surface area contributed by atoms with E-state index in [1.807, 2.05) is 0 Å². The molecule has 9 heterocycles. The maximum absolute atomic E-state index is 11.5. The summed E-state index contributed by atoms with van der Waals surface area (Å²) in [7, 11) is 0. The Kier molecular flexibility index (Phi) is 14.3. The van der Waals surface area contributed by atoms with Crippen LogP contribution < -0.4 is 0 Å². The van der Waals surface area contributed by atoms with E-state index >= 15 is 0 Å². The largest absolute Gasteiger partial charge is 0.394 e. The van der Waals surface area contributed by atoms with Crippen molar-refractivity contribution in [3.63, 3.8) is 0 Å². The summed E-state index contributed by atoms with van der Waals surface area (Å²) in [4.78, 5) is 0. The second kappa shape index (κ2) is 19.1. The van der Waals surface area contributed by atoms with Crippen LogP contribution in [0.5, 0.6) is 0 Å². The van der Waals surface area contributed by atoms with Crippen LogP contribution in [0.2, 0.25) is 0 Å². The average Bonchev–Trinajstić information content (AvgIpc) is 3.87. The van der Waals surface area contributed by atoms with E-state index in [0.717, 1.165) is 0 Å². The number of aliphatic hydroxyl groups is 13. The monoisotopic (exact) mass is 920 g/mol. The summed E-state index contributed by atoms with van der Waals surface area (Å²) >= 11 is 0. The molecule has 63 heavy (non-hydrogen) atoms. The quantitative estimate of drug-likeness (QED) is 0.0816. The van der Waals surface area contributed by atoms with E-state index in [0.29, 0.717) is 0 Å². The van der Waals surface area contributed by atoms with Crippen LogP contribution in [0.15, 0.2) is 0 Å². The van der Waals surface area contributed by atoms with E-state index < -0.39 is 198 Å². The summed E-state index contributed by atoms with van der Waals surface area (Å²) in [6.45, 7) is -2.46. The normalized spacial score (nSPS) is 56.8. The fraction of sp³-hybridized carbons (Fsp3) is 1.00. The highest BCUT2D eigenvalue weighted by Gasteiger charge is 2.60. The zero-order valence-electron chi connectivity index (χ0n) is 33.2. The summed E-state index contributed by atoms with van der Waals surface area (Å²) in [6, 6.07) is 0. The molecule has 6 bridgehead atoms. The Morgan fingerprint density at radius 1 is 0.317 bits per heavy atom. The highest BCUT2D eigenvalue weighted by atomic mass is 16.8. The van der Waals surface area contributed by atoms with Gasteiger partial charge in [-0.05, 0) is 0 Å². The van der Waals surface area contributed by atoms with E-state index in [2.05, 4.69) is 0 Å². The summed E-state index contributed by atoms with van der Waals surface area (Å²) in [5, 5.41) is 139. The van der Waals surface area contributed by atoms with Crippen molar-refractivity contribution in [2.24, 2.45) is 0 Å². The summed E-state index contributed by atoms with van der Waals surface area (Å²) in [5.41, 5.74) is 0. The highest BCUT2D eigenvalue weighted by Crippen LogP contribution is 2.40. The van der Waals surface area contributed by atoms with Crippen LogP contribution in [-0.2, 0) is 66.3 Å². The van der Waals surface area contributed by atoms with E-state index in [1.54, 1.807) is 0 Å². The standard InChI is InChI=1S/C36H56O27/c37-1-9-15(41)18(44)19(45)32(54-9)60-26-13-6-52-30(26)22(48)35(57-13)63-29-17(43)11(3-39)56-34(21(29)47)61-27-14-7-53-31(27)23(49)36(58-14)62-28-16(42)10(2-38)55-33(20(28)46)59-25-12-5-51-24(25)8(40)4-50-12/h8-49H,1-7H2/t8-,9-,10-,11-,12+,13+,14+,15+,16+,17+,18+,19-,20-,21-,22+,23+,24+,25-,26-,27-,28+,29+,30+,31+,32+,33+,34+,35+,36+/m1/s1. The molecule has 0 radical (unpaired) electrons. The molecule has 27 nitrogen and oxygen atoms in total. The van der Waals surface area contributed by atoms with Crippen molar-refractivity contribution in [2.45, 2.75) is 178 Å². The van der Waals surface area contributed by atoms with Crippen molar-refractivity contribution in [3.05, 3.63) is 0 Å². The van der Waals surface area contributed by atoms with Crippen molar-refractivity contribution < 1.29 is 133 Å². The van der Waals surface area contributed by atoms with E-state index in [-0.39, 0.29) is 26.4 Å². The number of hydrogen-bond donors (Lipinski definition) is 13. The lowest BCUT2D eigenvalue weighted by molar-refractivity contribution is -0.379. The molecular formula is C36H56O27. The molecule has 0 aromatic rings. The molecule has 0 saturated carbocycles. The van der Waals surface area contributed by atoms with Gasteiger partial charge in [0.25, 0.3) is 0 Å². The minimum absolute atomic E-state index is 0.0113. The predicted molar refractivity (Wildman–Crippen MR) is 188 cm³/mol. The molecule has 0 aromatic heterocycles. The van der Waals surface area contributed by atoms with Crippen LogP contribution in [0.4, 0.5) is 0 Å². The fourth-order valence-electron chi connectivity index (χ4n) is 9.57. The van der Waals surface area contributed by atoms with Crippen molar-refractivity contribution >= 4 is 0 Å². The summed E-state index contributed by atoms with van der Waals surface area (Å²) in [6.07, 6.45) is -40.8. The van der Waals surface area contributed by atoms with Crippen molar-refractivity contribution in [2.75, 3.05) is 46.2 Å². The lowest BCUT2D eigenvalue weighted by Crippen LogP contribution is -2.66. The fourth-order valence-corrected chi connectivity index (χ4v) is 9.57. The van der Waals surface area contributed by atoms with Crippen LogP contribution in [0.1, 0.15) is 0 Å². The third kappa shape index (κ3) is 8.59.